The average Bonchev–Trinajstić information content (AvgIpc) is 2.88. The number of nitrogens with two attached hydrogens (primary N) is 1. The van der Waals surface area contributed by atoms with Crippen molar-refractivity contribution in [1.29, 1.82) is 0 Å². The van der Waals surface area contributed by atoms with Crippen LogP contribution in [0.3, 0.4) is 0 Å². The van der Waals surface area contributed by atoms with Gasteiger partial charge in [-0.1, -0.05) is 6.92 Å². The van der Waals surface area contributed by atoms with Crippen LogP contribution >= 0.6 is 0 Å². The van der Waals surface area contributed by atoms with E-state index < -0.39 is 0 Å². The Morgan fingerprint density at radius 2 is 1.94 bits per heavy atom. The summed E-state index contributed by atoms with van der Waals surface area (Å²) in [6.07, 6.45) is 5.31. The molecule has 0 spiro atoms. The highest BCUT2D eigenvalue weighted by Crippen LogP contribution is 2.17. The Morgan fingerprint density at radius 1 is 1.29 bits per heavy atom. The van der Waals surface area contributed by atoms with Crippen LogP contribution in [0, 0.1) is 13.8 Å². The van der Waals surface area contributed by atoms with Crippen LogP contribution in [-0.2, 0) is 6.42 Å². The average molecular weight is 233 g/mol. The molecule has 0 aliphatic heterocycles. The van der Waals surface area contributed by atoms with Gasteiger partial charge in [0.25, 0.3) is 0 Å². The molecule has 1 unspecified atom stereocenters. The minimum absolute atomic E-state index is 0.227. The molecule has 0 saturated heterocycles. The zero-order valence-corrected chi connectivity index (χ0v) is 10.6. The first-order chi connectivity index (χ1) is 8.13. The minimum Gasteiger partial charge on any atom is -0.327 e. The van der Waals surface area contributed by atoms with E-state index in [0.717, 1.165) is 12.8 Å². The quantitative estimate of drug-likeness (QED) is 0.865. The Kier molecular flexibility index (Phi) is 3.28. The molecule has 2 heterocycles. The lowest BCUT2D eigenvalue weighted by Crippen LogP contribution is -2.21. The van der Waals surface area contributed by atoms with E-state index in [1.165, 1.54) is 17.0 Å². The molecule has 17 heavy (non-hydrogen) atoms. The highest BCUT2D eigenvalue weighted by Gasteiger charge is 2.12. The summed E-state index contributed by atoms with van der Waals surface area (Å²) in [5.41, 5.74) is 9.68. The van der Waals surface area contributed by atoms with Crippen molar-refractivity contribution in [1.82, 2.24) is 19.5 Å². The zero-order valence-electron chi connectivity index (χ0n) is 10.6. The van der Waals surface area contributed by atoms with Gasteiger partial charge in [-0.25, -0.2) is 4.68 Å². The molecule has 5 nitrogen and oxygen atoms in total. The maximum Gasteiger partial charge on any atom is 0.139 e. The molecule has 5 heteroatoms. The maximum atomic E-state index is 6.01. The number of aryl methyl sites for hydroxylation is 1. The van der Waals surface area contributed by atoms with Crippen LogP contribution in [-0.4, -0.2) is 25.6 Å². The van der Waals surface area contributed by atoms with E-state index in [1.54, 1.807) is 12.7 Å². The van der Waals surface area contributed by atoms with Crippen LogP contribution in [0.4, 0.5) is 0 Å². The SMILES string of the molecule is CCC(N)Cc1cc(C)n(-n2cnnc2)c1C. The standard InChI is InChI=1S/C12H19N5/c1-4-12(13)6-11-5-9(2)17(10(11)3)16-7-14-15-8-16/h5,7-8,12H,4,6,13H2,1-3H3. The van der Waals surface area contributed by atoms with E-state index in [4.69, 9.17) is 5.73 Å². The van der Waals surface area contributed by atoms with Crippen molar-refractivity contribution in [3.63, 3.8) is 0 Å². The van der Waals surface area contributed by atoms with E-state index in [0.29, 0.717) is 0 Å². The smallest absolute Gasteiger partial charge is 0.139 e. The summed E-state index contributed by atoms with van der Waals surface area (Å²) < 4.78 is 3.98. The van der Waals surface area contributed by atoms with Crippen molar-refractivity contribution >= 4 is 0 Å². The van der Waals surface area contributed by atoms with E-state index in [9.17, 15) is 0 Å². The van der Waals surface area contributed by atoms with Gasteiger partial charge < -0.3 is 5.73 Å². The van der Waals surface area contributed by atoms with Crippen LogP contribution < -0.4 is 5.73 Å². The van der Waals surface area contributed by atoms with Crippen LogP contribution in [0.15, 0.2) is 18.7 Å². The van der Waals surface area contributed by atoms with Gasteiger partial charge in [-0.2, -0.15) is 0 Å². The third-order valence-electron chi connectivity index (χ3n) is 3.14. The molecule has 0 aliphatic rings. The summed E-state index contributed by atoms with van der Waals surface area (Å²) in [7, 11) is 0. The van der Waals surface area contributed by atoms with Crippen molar-refractivity contribution < 1.29 is 0 Å². The summed E-state index contributed by atoms with van der Waals surface area (Å²) in [6.45, 7) is 6.29. The predicted octanol–water partition coefficient (Wildman–Crippen LogP) is 1.29. The molecule has 0 radical (unpaired) electrons. The molecule has 0 bridgehead atoms. The largest absolute Gasteiger partial charge is 0.327 e. The summed E-state index contributed by atoms with van der Waals surface area (Å²) >= 11 is 0. The molecule has 0 aliphatic carbocycles. The Balaban J connectivity index is 2.36. The van der Waals surface area contributed by atoms with Crippen LogP contribution in [0.2, 0.25) is 0 Å². The van der Waals surface area contributed by atoms with Crippen LogP contribution in [0.1, 0.15) is 30.3 Å². The summed E-state index contributed by atoms with van der Waals surface area (Å²) in [6, 6.07) is 2.41. The molecule has 0 amide bonds. The molecule has 2 aromatic rings. The first-order valence-electron chi connectivity index (χ1n) is 5.92. The van der Waals surface area contributed by atoms with Gasteiger partial charge in [0.2, 0.25) is 0 Å². The second-order valence-electron chi connectivity index (χ2n) is 4.42. The van der Waals surface area contributed by atoms with Gasteiger partial charge >= 0.3 is 0 Å². The van der Waals surface area contributed by atoms with E-state index in [2.05, 4.69) is 41.7 Å². The van der Waals surface area contributed by atoms with Crippen molar-refractivity contribution in [2.24, 2.45) is 5.73 Å². The van der Waals surface area contributed by atoms with Gasteiger partial charge in [0.1, 0.15) is 12.7 Å². The third-order valence-corrected chi connectivity index (χ3v) is 3.14. The predicted molar refractivity (Wildman–Crippen MR) is 66.7 cm³/mol. The Labute approximate surface area is 101 Å². The van der Waals surface area contributed by atoms with E-state index >= 15 is 0 Å². The lowest BCUT2D eigenvalue weighted by atomic mass is 10.1. The Hall–Kier alpha value is -1.62. The lowest BCUT2D eigenvalue weighted by Gasteiger charge is -2.11. The van der Waals surface area contributed by atoms with Crippen molar-refractivity contribution in [2.45, 2.75) is 39.7 Å². The van der Waals surface area contributed by atoms with Gasteiger partial charge in [0, 0.05) is 17.4 Å². The monoisotopic (exact) mass is 233 g/mol. The first kappa shape index (κ1) is 11.9. The molecular weight excluding hydrogens is 214 g/mol. The summed E-state index contributed by atoms with van der Waals surface area (Å²) in [5.74, 6) is 0. The van der Waals surface area contributed by atoms with Gasteiger partial charge in [-0.05, 0) is 38.3 Å². The number of rotatable bonds is 4. The number of hydrogen-bond acceptors (Lipinski definition) is 3. The lowest BCUT2D eigenvalue weighted by molar-refractivity contribution is 0.608. The molecule has 1 atom stereocenters. The van der Waals surface area contributed by atoms with Crippen molar-refractivity contribution in [3.8, 4) is 0 Å². The molecule has 0 aromatic carbocycles. The highest BCUT2D eigenvalue weighted by atomic mass is 15.5. The van der Waals surface area contributed by atoms with E-state index in [1.807, 2.05) is 4.68 Å². The Morgan fingerprint density at radius 3 is 2.53 bits per heavy atom. The molecule has 0 saturated carbocycles. The molecule has 0 fully saturated rings. The number of aromatic nitrogens is 4. The molecule has 2 rings (SSSR count). The molecule has 2 aromatic heterocycles. The van der Waals surface area contributed by atoms with Crippen molar-refractivity contribution in [2.75, 3.05) is 0 Å². The molecule has 92 valence electrons. The topological polar surface area (TPSA) is 61.7 Å². The fraction of sp³-hybridized carbons (Fsp3) is 0.500. The third kappa shape index (κ3) is 2.24. The summed E-state index contributed by atoms with van der Waals surface area (Å²) in [5, 5.41) is 7.67. The number of nitrogens with zero attached hydrogens (tertiary/aromatic N) is 4. The fourth-order valence-electron chi connectivity index (χ4n) is 2.11. The zero-order chi connectivity index (χ0) is 12.4. The van der Waals surface area contributed by atoms with Gasteiger partial charge in [-0.3, -0.25) is 4.68 Å². The molecular formula is C12H19N5. The normalized spacial score (nSPS) is 12.9. The van der Waals surface area contributed by atoms with Crippen LogP contribution in [0.25, 0.3) is 0 Å². The van der Waals surface area contributed by atoms with Gasteiger partial charge in [-0.15, -0.1) is 10.2 Å². The molecule has 2 N–H and O–H groups in total. The minimum atomic E-state index is 0.227. The van der Waals surface area contributed by atoms with Crippen molar-refractivity contribution in [3.05, 3.63) is 35.7 Å². The van der Waals surface area contributed by atoms with Crippen LogP contribution in [0.5, 0.6) is 0 Å². The van der Waals surface area contributed by atoms with Gasteiger partial charge in [0.15, 0.2) is 0 Å². The second kappa shape index (κ2) is 4.71. The number of hydrogen-bond donors (Lipinski definition) is 1. The first-order valence-corrected chi connectivity index (χ1v) is 5.92. The highest BCUT2D eigenvalue weighted by molar-refractivity contribution is 5.27. The Bertz CT molecular complexity index is 483. The van der Waals surface area contributed by atoms with Gasteiger partial charge in [0.05, 0.1) is 0 Å². The fourth-order valence-corrected chi connectivity index (χ4v) is 2.11. The van der Waals surface area contributed by atoms with E-state index in [-0.39, 0.29) is 6.04 Å². The maximum absolute atomic E-state index is 6.01. The summed E-state index contributed by atoms with van der Waals surface area (Å²) in [4.78, 5) is 0. The second-order valence-corrected chi connectivity index (χ2v) is 4.42.